The first kappa shape index (κ1) is 16.8. The van der Waals surface area contributed by atoms with Gasteiger partial charge in [-0.25, -0.2) is 9.59 Å². The number of carbonyl (C=O) groups is 1. The zero-order valence-corrected chi connectivity index (χ0v) is 14.5. The number of ether oxygens (including phenoxy) is 2. The minimum Gasteiger partial charge on any atom is -0.497 e. The van der Waals surface area contributed by atoms with Crippen LogP contribution in [0.4, 0.5) is 0 Å². The smallest absolute Gasteiger partial charge is 0.343 e. The highest BCUT2D eigenvalue weighted by atomic mass is 16.5. The average Bonchev–Trinajstić information content (AvgIpc) is 2.59. The van der Waals surface area contributed by atoms with Crippen LogP contribution >= 0.6 is 0 Å². The zero-order chi connectivity index (χ0) is 18.1. The molecule has 0 bridgehead atoms. The molecule has 3 aromatic rings. The molecule has 0 unspecified atom stereocenters. The molecule has 0 aliphatic heterocycles. The molecule has 0 spiro atoms. The number of methoxy groups -OCH3 is 1. The number of carbonyl (C=O) groups excluding carboxylic acids is 1. The summed E-state index contributed by atoms with van der Waals surface area (Å²) in [5, 5.41) is 0.624. The van der Waals surface area contributed by atoms with E-state index in [4.69, 9.17) is 13.9 Å². The van der Waals surface area contributed by atoms with Crippen LogP contribution < -0.4 is 15.1 Å². The van der Waals surface area contributed by atoms with Gasteiger partial charge in [-0.2, -0.15) is 0 Å². The predicted molar refractivity (Wildman–Crippen MR) is 94.6 cm³/mol. The molecule has 1 heterocycles. The Balaban J connectivity index is 2.10. The number of esters is 1. The van der Waals surface area contributed by atoms with Crippen molar-refractivity contribution >= 4 is 16.9 Å². The summed E-state index contributed by atoms with van der Waals surface area (Å²) in [5.74, 6) is 0.433. The molecule has 0 saturated carbocycles. The Bertz CT molecular complexity index is 1030. The Labute approximate surface area is 144 Å². The van der Waals surface area contributed by atoms with Crippen molar-refractivity contribution in [3.63, 3.8) is 0 Å². The highest BCUT2D eigenvalue weighted by Gasteiger charge is 2.17. The fourth-order valence-corrected chi connectivity index (χ4v) is 2.68. The minimum atomic E-state index is -0.506. The van der Waals surface area contributed by atoms with E-state index in [9.17, 15) is 9.59 Å². The van der Waals surface area contributed by atoms with Crippen LogP contribution in [0.25, 0.3) is 11.0 Å². The molecule has 0 amide bonds. The van der Waals surface area contributed by atoms with Crippen molar-refractivity contribution in [1.82, 2.24) is 0 Å². The van der Waals surface area contributed by atoms with E-state index in [1.807, 2.05) is 13.8 Å². The molecule has 128 valence electrons. The van der Waals surface area contributed by atoms with Crippen LogP contribution in [0.15, 0.2) is 45.6 Å². The van der Waals surface area contributed by atoms with Crippen molar-refractivity contribution < 1.29 is 18.7 Å². The third kappa shape index (κ3) is 3.13. The molecular formula is C20H18O5. The molecule has 0 radical (unpaired) electrons. The van der Waals surface area contributed by atoms with Crippen LogP contribution in [0.5, 0.6) is 11.5 Å². The lowest BCUT2D eigenvalue weighted by atomic mass is 10.0. The monoisotopic (exact) mass is 338 g/mol. The number of aryl methyl sites for hydroxylation is 2. The summed E-state index contributed by atoms with van der Waals surface area (Å²) in [6.07, 6.45) is 0. The van der Waals surface area contributed by atoms with Gasteiger partial charge >= 0.3 is 11.6 Å². The van der Waals surface area contributed by atoms with E-state index in [1.54, 1.807) is 43.3 Å². The molecule has 0 aliphatic rings. The van der Waals surface area contributed by atoms with E-state index in [1.165, 1.54) is 7.11 Å². The van der Waals surface area contributed by atoms with E-state index < -0.39 is 5.97 Å². The van der Waals surface area contributed by atoms with Crippen molar-refractivity contribution in [1.29, 1.82) is 0 Å². The van der Waals surface area contributed by atoms with Crippen molar-refractivity contribution in [2.75, 3.05) is 7.11 Å². The molecule has 0 aliphatic carbocycles. The Kier molecular flexibility index (Phi) is 4.31. The molecule has 0 N–H and O–H groups in total. The Morgan fingerprint density at radius 2 is 1.80 bits per heavy atom. The fraction of sp³-hybridized carbons (Fsp3) is 0.200. The van der Waals surface area contributed by atoms with Gasteiger partial charge in [-0.1, -0.05) is 6.07 Å². The molecular weight excluding hydrogens is 320 g/mol. The molecule has 2 aromatic carbocycles. The molecule has 25 heavy (non-hydrogen) atoms. The minimum absolute atomic E-state index is 0.368. The van der Waals surface area contributed by atoms with E-state index >= 15 is 0 Å². The third-order valence-corrected chi connectivity index (χ3v) is 4.16. The molecule has 1 aromatic heterocycles. The number of fused-ring (bicyclic) bond motifs is 1. The topological polar surface area (TPSA) is 65.7 Å². The Morgan fingerprint density at radius 3 is 2.52 bits per heavy atom. The third-order valence-electron chi connectivity index (χ3n) is 4.16. The SMILES string of the molecule is COc1cccc(C(=O)Oc2cc(C)cc3oc(=O)c(C)c(C)c23)c1. The van der Waals surface area contributed by atoms with Gasteiger partial charge in [0.25, 0.3) is 0 Å². The largest absolute Gasteiger partial charge is 0.497 e. The van der Waals surface area contributed by atoms with E-state index in [0.29, 0.717) is 33.6 Å². The van der Waals surface area contributed by atoms with Gasteiger partial charge in [0.15, 0.2) is 0 Å². The van der Waals surface area contributed by atoms with E-state index in [-0.39, 0.29) is 5.63 Å². The second kappa shape index (κ2) is 6.43. The van der Waals surface area contributed by atoms with Gasteiger partial charge in [0.1, 0.15) is 17.1 Å². The van der Waals surface area contributed by atoms with E-state index in [0.717, 1.165) is 11.1 Å². The average molecular weight is 338 g/mol. The van der Waals surface area contributed by atoms with Crippen molar-refractivity contribution in [3.8, 4) is 11.5 Å². The summed E-state index contributed by atoms with van der Waals surface area (Å²) < 4.78 is 16.1. The van der Waals surface area contributed by atoms with Gasteiger partial charge in [-0.3, -0.25) is 0 Å². The standard InChI is InChI=1S/C20H18O5/c1-11-8-16-18(12(2)13(3)19(21)24-16)17(9-11)25-20(22)14-6-5-7-15(10-14)23-4/h5-10H,1-4H3. The van der Waals surface area contributed by atoms with E-state index in [2.05, 4.69) is 0 Å². The normalized spacial score (nSPS) is 10.7. The molecule has 0 atom stereocenters. The second-order valence-electron chi connectivity index (χ2n) is 5.90. The van der Waals surface area contributed by atoms with Gasteiger partial charge in [-0.05, 0) is 62.2 Å². The van der Waals surface area contributed by atoms with Gasteiger partial charge in [0.2, 0.25) is 0 Å². The molecule has 0 saturated heterocycles. The summed E-state index contributed by atoms with van der Waals surface area (Å²) in [4.78, 5) is 24.4. The summed E-state index contributed by atoms with van der Waals surface area (Å²) >= 11 is 0. The Hall–Kier alpha value is -3.08. The lowest BCUT2D eigenvalue weighted by Crippen LogP contribution is -2.11. The fourth-order valence-electron chi connectivity index (χ4n) is 2.68. The van der Waals surface area contributed by atoms with Crippen LogP contribution in [-0.2, 0) is 0 Å². The maximum absolute atomic E-state index is 12.5. The number of hydrogen-bond donors (Lipinski definition) is 0. The predicted octanol–water partition coefficient (Wildman–Crippen LogP) is 3.95. The molecule has 3 rings (SSSR count). The van der Waals surface area contributed by atoms with Gasteiger partial charge in [0, 0.05) is 5.56 Å². The lowest BCUT2D eigenvalue weighted by molar-refractivity contribution is 0.0736. The summed E-state index contributed by atoms with van der Waals surface area (Å²) in [6, 6.07) is 10.2. The van der Waals surface area contributed by atoms with Crippen molar-refractivity contribution in [2.24, 2.45) is 0 Å². The van der Waals surface area contributed by atoms with Crippen LogP contribution in [0.2, 0.25) is 0 Å². The molecule has 5 heteroatoms. The highest BCUT2D eigenvalue weighted by molar-refractivity contribution is 5.95. The number of hydrogen-bond acceptors (Lipinski definition) is 5. The Morgan fingerprint density at radius 1 is 1.04 bits per heavy atom. The maximum atomic E-state index is 12.5. The number of rotatable bonds is 3. The van der Waals surface area contributed by atoms with Crippen LogP contribution in [0.3, 0.4) is 0 Å². The first-order valence-corrected chi connectivity index (χ1v) is 7.81. The maximum Gasteiger partial charge on any atom is 0.343 e. The van der Waals surface area contributed by atoms with Crippen molar-refractivity contribution in [2.45, 2.75) is 20.8 Å². The van der Waals surface area contributed by atoms with Crippen LogP contribution in [0, 0.1) is 20.8 Å². The number of benzene rings is 2. The van der Waals surface area contributed by atoms with Crippen molar-refractivity contribution in [3.05, 3.63) is 69.1 Å². The highest BCUT2D eigenvalue weighted by Crippen LogP contribution is 2.31. The second-order valence-corrected chi connectivity index (χ2v) is 5.90. The first-order valence-electron chi connectivity index (χ1n) is 7.81. The lowest BCUT2D eigenvalue weighted by Gasteiger charge is -2.12. The van der Waals surface area contributed by atoms with Gasteiger partial charge in [0.05, 0.1) is 18.1 Å². The quantitative estimate of drug-likeness (QED) is 0.411. The molecule has 0 fully saturated rings. The summed E-state index contributed by atoms with van der Waals surface area (Å²) in [7, 11) is 1.53. The van der Waals surface area contributed by atoms with Gasteiger partial charge < -0.3 is 13.9 Å². The first-order chi connectivity index (χ1) is 11.9. The summed E-state index contributed by atoms with van der Waals surface area (Å²) in [5.41, 5.74) is 2.45. The molecule has 5 nitrogen and oxygen atoms in total. The summed E-state index contributed by atoms with van der Waals surface area (Å²) in [6.45, 7) is 5.35. The van der Waals surface area contributed by atoms with Crippen LogP contribution in [-0.4, -0.2) is 13.1 Å². The zero-order valence-electron chi connectivity index (χ0n) is 14.5. The van der Waals surface area contributed by atoms with Crippen LogP contribution in [0.1, 0.15) is 27.0 Å². The van der Waals surface area contributed by atoms with Gasteiger partial charge in [-0.15, -0.1) is 0 Å².